The van der Waals surface area contributed by atoms with Crippen LogP contribution in [0.2, 0.25) is 0 Å². The van der Waals surface area contributed by atoms with E-state index in [4.69, 9.17) is 9.47 Å². The Morgan fingerprint density at radius 2 is 1.68 bits per heavy atom. The topological polar surface area (TPSA) is 35.5 Å². The van der Waals surface area contributed by atoms with Gasteiger partial charge in [0.15, 0.2) is 0 Å². The van der Waals surface area contributed by atoms with Gasteiger partial charge in [0.05, 0.1) is 0 Å². The summed E-state index contributed by atoms with van der Waals surface area (Å²) in [5.41, 5.74) is 2.46. The molecule has 0 unspecified atom stereocenters. The summed E-state index contributed by atoms with van der Waals surface area (Å²) in [5.74, 6) is 0.489. The van der Waals surface area contributed by atoms with E-state index in [2.05, 4.69) is 15.9 Å². The third-order valence-electron chi connectivity index (χ3n) is 2.89. The highest BCUT2D eigenvalue weighted by atomic mass is 79.9. The van der Waals surface area contributed by atoms with Crippen molar-refractivity contribution in [3.05, 3.63) is 54.1 Å². The van der Waals surface area contributed by atoms with Gasteiger partial charge < -0.3 is 9.47 Å². The third kappa shape index (κ3) is 4.60. The Labute approximate surface area is 139 Å². The second-order valence-corrected chi connectivity index (χ2v) is 6.45. The third-order valence-corrected chi connectivity index (χ3v) is 3.54. The molecule has 0 aliphatic carbocycles. The van der Waals surface area contributed by atoms with Gasteiger partial charge in [-0.25, -0.2) is 4.79 Å². The van der Waals surface area contributed by atoms with Crippen LogP contribution in [0.1, 0.15) is 26.3 Å². The minimum absolute atomic E-state index is 0.489. The molecule has 22 heavy (non-hydrogen) atoms. The van der Waals surface area contributed by atoms with Crippen molar-refractivity contribution in [2.45, 2.75) is 31.7 Å². The number of hydrogen-bond donors (Lipinski definition) is 0. The van der Waals surface area contributed by atoms with Crippen LogP contribution in [0.15, 0.2) is 48.5 Å². The first kappa shape index (κ1) is 16.6. The number of alkyl halides is 1. The van der Waals surface area contributed by atoms with Crippen LogP contribution in [0, 0.1) is 0 Å². The van der Waals surface area contributed by atoms with Crippen molar-refractivity contribution in [2.75, 3.05) is 0 Å². The van der Waals surface area contributed by atoms with Crippen LogP contribution in [0.3, 0.4) is 0 Å². The average molecular weight is 363 g/mol. The monoisotopic (exact) mass is 362 g/mol. The molecule has 0 radical (unpaired) electrons. The van der Waals surface area contributed by atoms with E-state index < -0.39 is 11.8 Å². The number of ether oxygens (including phenoxy) is 2. The summed E-state index contributed by atoms with van der Waals surface area (Å²) in [6, 6.07) is 15.5. The van der Waals surface area contributed by atoms with Gasteiger partial charge in [-0.2, -0.15) is 0 Å². The Kier molecular flexibility index (Phi) is 5.24. The number of hydrogen-bond acceptors (Lipinski definition) is 3. The molecule has 0 heterocycles. The molecule has 0 aliphatic rings. The fourth-order valence-electron chi connectivity index (χ4n) is 1.93. The van der Waals surface area contributed by atoms with Gasteiger partial charge in [0, 0.05) is 10.9 Å². The highest BCUT2D eigenvalue weighted by Gasteiger charge is 2.19. The van der Waals surface area contributed by atoms with Crippen molar-refractivity contribution in [1.29, 1.82) is 0 Å². The van der Waals surface area contributed by atoms with E-state index in [1.54, 1.807) is 26.8 Å². The molecule has 0 saturated carbocycles. The summed E-state index contributed by atoms with van der Waals surface area (Å²) in [4.78, 5) is 11.9. The van der Waals surface area contributed by atoms with Gasteiger partial charge in [0.2, 0.25) is 0 Å². The van der Waals surface area contributed by atoms with E-state index in [0.717, 1.165) is 16.5 Å². The van der Waals surface area contributed by atoms with E-state index >= 15 is 0 Å². The summed E-state index contributed by atoms with van der Waals surface area (Å²) in [7, 11) is 0. The van der Waals surface area contributed by atoms with Crippen LogP contribution in [0.25, 0.3) is 11.1 Å². The van der Waals surface area contributed by atoms with E-state index in [9.17, 15) is 4.79 Å². The van der Waals surface area contributed by atoms with Crippen molar-refractivity contribution in [2.24, 2.45) is 0 Å². The molecule has 0 amide bonds. The normalized spacial score (nSPS) is 11.1. The number of halogens is 1. The zero-order chi connectivity index (χ0) is 16.2. The number of benzene rings is 2. The van der Waals surface area contributed by atoms with Gasteiger partial charge in [-0.3, -0.25) is 0 Å². The fourth-order valence-corrected chi connectivity index (χ4v) is 2.30. The number of carbonyl (C=O) groups excluding carboxylic acids is 1. The predicted octanol–water partition coefficient (Wildman–Crippen LogP) is 5.56. The molecule has 0 aromatic heterocycles. The molecule has 2 aromatic rings. The maximum absolute atomic E-state index is 11.9. The molecule has 4 heteroatoms. The molecule has 0 bridgehead atoms. The maximum Gasteiger partial charge on any atom is 0.514 e. The molecule has 116 valence electrons. The van der Waals surface area contributed by atoms with E-state index in [1.807, 2.05) is 42.5 Å². The quantitative estimate of drug-likeness (QED) is 0.407. The molecule has 0 spiro atoms. The first-order chi connectivity index (χ1) is 10.4. The lowest BCUT2D eigenvalue weighted by Crippen LogP contribution is -2.26. The summed E-state index contributed by atoms with van der Waals surface area (Å²) in [6.07, 6.45) is -0.697. The summed E-state index contributed by atoms with van der Waals surface area (Å²) in [6.45, 7) is 5.41. The Hall–Kier alpha value is -1.81. The maximum atomic E-state index is 11.9. The van der Waals surface area contributed by atoms with Gasteiger partial charge in [0.1, 0.15) is 11.4 Å². The van der Waals surface area contributed by atoms with E-state index in [0.29, 0.717) is 5.75 Å². The van der Waals surface area contributed by atoms with Crippen molar-refractivity contribution in [1.82, 2.24) is 0 Å². The molecule has 0 fully saturated rings. The standard InChI is InChI=1S/C18H19BrO3/c1-18(2,3)22-17(20)21-16-7-5-4-6-15(16)14-10-8-13(12-19)9-11-14/h4-11H,12H2,1-3H3. The first-order valence-corrected chi connectivity index (χ1v) is 8.16. The second-order valence-electron chi connectivity index (χ2n) is 5.89. The molecule has 0 N–H and O–H groups in total. The van der Waals surface area contributed by atoms with Crippen molar-refractivity contribution >= 4 is 22.1 Å². The lowest BCUT2D eigenvalue weighted by molar-refractivity contribution is 0.0207. The van der Waals surface area contributed by atoms with E-state index in [1.165, 1.54) is 5.56 Å². The number of carbonyl (C=O) groups is 1. The van der Waals surface area contributed by atoms with Crippen LogP contribution in [0.4, 0.5) is 4.79 Å². The largest absolute Gasteiger partial charge is 0.514 e. The number of rotatable bonds is 3. The SMILES string of the molecule is CC(C)(C)OC(=O)Oc1ccccc1-c1ccc(CBr)cc1. The molecular weight excluding hydrogens is 344 g/mol. The van der Waals surface area contributed by atoms with Crippen LogP contribution in [0.5, 0.6) is 5.75 Å². The van der Waals surface area contributed by atoms with Crippen molar-refractivity contribution < 1.29 is 14.3 Å². The minimum Gasteiger partial charge on any atom is -0.428 e. The van der Waals surface area contributed by atoms with Crippen LogP contribution in [-0.2, 0) is 10.1 Å². The van der Waals surface area contributed by atoms with E-state index in [-0.39, 0.29) is 0 Å². The molecule has 0 atom stereocenters. The fraction of sp³-hybridized carbons (Fsp3) is 0.278. The molecule has 0 aliphatic heterocycles. The van der Waals surface area contributed by atoms with Crippen molar-refractivity contribution in [3.63, 3.8) is 0 Å². The highest BCUT2D eigenvalue weighted by molar-refractivity contribution is 9.08. The summed E-state index contributed by atoms with van der Waals surface area (Å²) >= 11 is 3.43. The minimum atomic E-state index is -0.697. The predicted molar refractivity (Wildman–Crippen MR) is 91.4 cm³/mol. The van der Waals surface area contributed by atoms with Gasteiger partial charge in [-0.1, -0.05) is 58.4 Å². The van der Waals surface area contributed by atoms with Crippen LogP contribution < -0.4 is 4.74 Å². The lowest BCUT2D eigenvalue weighted by atomic mass is 10.0. The van der Waals surface area contributed by atoms with Gasteiger partial charge >= 0.3 is 6.16 Å². The number of para-hydroxylation sites is 1. The van der Waals surface area contributed by atoms with Crippen LogP contribution >= 0.6 is 15.9 Å². The molecule has 2 aromatic carbocycles. The summed E-state index contributed by atoms with van der Waals surface area (Å²) in [5, 5.41) is 0.809. The summed E-state index contributed by atoms with van der Waals surface area (Å²) < 4.78 is 10.6. The average Bonchev–Trinajstić information content (AvgIpc) is 2.46. The molecule has 3 nitrogen and oxygen atoms in total. The van der Waals surface area contributed by atoms with Gasteiger partial charge in [-0.05, 0) is 38.0 Å². The lowest BCUT2D eigenvalue weighted by Gasteiger charge is -2.19. The van der Waals surface area contributed by atoms with Crippen molar-refractivity contribution in [3.8, 4) is 16.9 Å². The molecule has 0 saturated heterocycles. The first-order valence-electron chi connectivity index (χ1n) is 7.04. The Morgan fingerprint density at radius 1 is 1.05 bits per heavy atom. The van der Waals surface area contributed by atoms with Crippen LogP contribution in [-0.4, -0.2) is 11.8 Å². The molecular formula is C18H19BrO3. The zero-order valence-corrected chi connectivity index (χ0v) is 14.5. The Balaban J connectivity index is 2.24. The smallest absolute Gasteiger partial charge is 0.428 e. The van der Waals surface area contributed by atoms with Gasteiger partial charge in [-0.15, -0.1) is 0 Å². The second kappa shape index (κ2) is 6.97. The Morgan fingerprint density at radius 3 is 2.27 bits per heavy atom. The molecule has 2 rings (SSSR count). The van der Waals surface area contributed by atoms with Gasteiger partial charge in [0.25, 0.3) is 0 Å². The Bertz CT molecular complexity index is 642. The highest BCUT2D eigenvalue weighted by Crippen LogP contribution is 2.30. The zero-order valence-electron chi connectivity index (χ0n) is 12.9.